The van der Waals surface area contributed by atoms with Crippen molar-refractivity contribution in [3.63, 3.8) is 0 Å². The van der Waals surface area contributed by atoms with Crippen LogP contribution in [0, 0.1) is 0 Å². The van der Waals surface area contributed by atoms with Crippen LogP contribution in [-0.2, 0) is 9.59 Å². The van der Waals surface area contributed by atoms with Crippen LogP contribution in [0.25, 0.3) is 5.57 Å². The zero-order valence-electron chi connectivity index (χ0n) is 18.3. The highest BCUT2D eigenvalue weighted by molar-refractivity contribution is 6.32. The number of pyridine rings is 1. The number of anilines is 1. The van der Waals surface area contributed by atoms with Gasteiger partial charge in [-0.2, -0.15) is 0 Å². The first kappa shape index (κ1) is 24.0. The normalized spacial score (nSPS) is 11.2. The maximum absolute atomic E-state index is 12.7. The van der Waals surface area contributed by atoms with Crippen molar-refractivity contribution in [1.29, 1.82) is 0 Å². The van der Waals surface area contributed by atoms with Gasteiger partial charge in [0.2, 0.25) is 0 Å². The minimum Gasteiger partial charge on any atom is -0.482 e. The molecule has 170 valence electrons. The number of rotatable bonds is 10. The van der Waals surface area contributed by atoms with Gasteiger partial charge in [-0.1, -0.05) is 48.0 Å². The SMILES string of the molecule is CN(C(=O)COc1ccccc1Cl)c1cccc(C(=CCCCC(=O)O)c2cccnc2)c1. The van der Waals surface area contributed by atoms with E-state index in [0.29, 0.717) is 29.3 Å². The van der Waals surface area contributed by atoms with Gasteiger partial charge in [-0.25, -0.2) is 0 Å². The molecule has 1 amide bonds. The van der Waals surface area contributed by atoms with Gasteiger partial charge in [0.25, 0.3) is 5.91 Å². The summed E-state index contributed by atoms with van der Waals surface area (Å²) in [4.78, 5) is 29.3. The van der Waals surface area contributed by atoms with E-state index in [0.717, 1.165) is 16.7 Å². The van der Waals surface area contributed by atoms with E-state index in [1.165, 1.54) is 4.90 Å². The van der Waals surface area contributed by atoms with Gasteiger partial charge in [0.15, 0.2) is 6.61 Å². The van der Waals surface area contributed by atoms with Gasteiger partial charge < -0.3 is 14.7 Å². The number of hydrogen-bond donors (Lipinski definition) is 1. The van der Waals surface area contributed by atoms with Crippen LogP contribution in [0.1, 0.15) is 30.4 Å². The lowest BCUT2D eigenvalue weighted by atomic mass is 9.97. The summed E-state index contributed by atoms with van der Waals surface area (Å²) in [5, 5.41) is 9.36. The van der Waals surface area contributed by atoms with E-state index in [1.54, 1.807) is 43.7 Å². The molecule has 33 heavy (non-hydrogen) atoms. The number of carbonyl (C=O) groups is 2. The van der Waals surface area contributed by atoms with E-state index in [4.69, 9.17) is 21.4 Å². The van der Waals surface area contributed by atoms with Crippen LogP contribution in [0.4, 0.5) is 5.69 Å². The summed E-state index contributed by atoms with van der Waals surface area (Å²) in [6.45, 7) is -0.148. The van der Waals surface area contributed by atoms with Gasteiger partial charge in [0, 0.05) is 37.1 Å². The Balaban J connectivity index is 1.78. The zero-order valence-corrected chi connectivity index (χ0v) is 19.0. The average Bonchev–Trinajstić information content (AvgIpc) is 2.83. The minimum absolute atomic E-state index is 0.111. The molecule has 1 aromatic heterocycles. The number of likely N-dealkylation sites (N-methyl/N-ethyl adjacent to an activating group) is 1. The number of aromatic nitrogens is 1. The molecule has 0 saturated carbocycles. The van der Waals surface area contributed by atoms with Crippen molar-refractivity contribution in [2.75, 3.05) is 18.6 Å². The quantitative estimate of drug-likeness (QED) is 0.403. The molecule has 7 heteroatoms. The molecule has 3 aromatic rings. The summed E-state index contributed by atoms with van der Waals surface area (Å²) in [5.74, 6) is -0.578. The molecular weight excluding hydrogens is 440 g/mol. The number of carbonyl (C=O) groups excluding carboxylic acids is 1. The number of nitrogens with zero attached hydrogens (tertiary/aromatic N) is 2. The van der Waals surface area contributed by atoms with Gasteiger partial charge in [-0.15, -0.1) is 0 Å². The smallest absolute Gasteiger partial charge is 0.303 e. The van der Waals surface area contributed by atoms with E-state index in [1.807, 2.05) is 42.5 Å². The van der Waals surface area contributed by atoms with Crippen molar-refractivity contribution in [2.24, 2.45) is 0 Å². The van der Waals surface area contributed by atoms with Crippen LogP contribution in [0.2, 0.25) is 5.02 Å². The Kier molecular flexibility index (Phi) is 8.61. The van der Waals surface area contributed by atoms with Crippen molar-refractivity contribution < 1.29 is 19.4 Å². The van der Waals surface area contributed by atoms with Gasteiger partial charge in [0.05, 0.1) is 5.02 Å². The molecular formula is C26H25ClN2O4. The first-order valence-electron chi connectivity index (χ1n) is 10.5. The molecule has 0 atom stereocenters. The Bertz CT molecular complexity index is 1130. The molecule has 3 rings (SSSR count). The molecule has 0 aliphatic carbocycles. The highest BCUT2D eigenvalue weighted by Gasteiger charge is 2.14. The second kappa shape index (κ2) is 11.8. The van der Waals surface area contributed by atoms with Gasteiger partial charge >= 0.3 is 5.97 Å². The third-order valence-electron chi connectivity index (χ3n) is 5.02. The van der Waals surface area contributed by atoms with E-state index >= 15 is 0 Å². The standard InChI is InChI=1S/C26H25ClN2O4/c1-29(25(30)18-33-24-13-4-3-12-23(24)27)21-10-6-8-19(16-21)22(11-2-5-14-26(31)32)20-9-7-15-28-17-20/h3-4,6-13,15-17H,2,5,14,18H2,1H3,(H,31,32). The fourth-order valence-electron chi connectivity index (χ4n) is 3.25. The van der Waals surface area contributed by atoms with Crippen molar-refractivity contribution in [3.8, 4) is 5.75 Å². The maximum atomic E-state index is 12.7. The molecule has 1 heterocycles. The molecule has 6 nitrogen and oxygen atoms in total. The summed E-state index contributed by atoms with van der Waals surface area (Å²) in [5.41, 5.74) is 3.47. The lowest BCUT2D eigenvalue weighted by molar-refractivity contribution is -0.137. The number of unbranched alkanes of at least 4 members (excludes halogenated alkanes) is 1. The first-order valence-corrected chi connectivity index (χ1v) is 10.9. The third-order valence-corrected chi connectivity index (χ3v) is 5.33. The van der Waals surface area contributed by atoms with E-state index in [9.17, 15) is 9.59 Å². The van der Waals surface area contributed by atoms with E-state index < -0.39 is 5.97 Å². The van der Waals surface area contributed by atoms with Crippen LogP contribution >= 0.6 is 11.6 Å². The fraction of sp³-hybridized carbons (Fsp3) is 0.192. The predicted octanol–water partition coefficient (Wildman–Crippen LogP) is 5.46. The highest BCUT2D eigenvalue weighted by atomic mass is 35.5. The average molecular weight is 465 g/mol. The fourth-order valence-corrected chi connectivity index (χ4v) is 3.44. The van der Waals surface area contributed by atoms with Gasteiger partial charge in [0.1, 0.15) is 5.75 Å². The Labute approximate surface area is 198 Å². The highest BCUT2D eigenvalue weighted by Crippen LogP contribution is 2.28. The number of carboxylic acids is 1. The zero-order chi connectivity index (χ0) is 23.6. The molecule has 0 aliphatic rings. The van der Waals surface area contributed by atoms with Crippen LogP contribution in [0.5, 0.6) is 5.75 Å². The lowest BCUT2D eigenvalue weighted by Crippen LogP contribution is -2.31. The van der Waals surface area contributed by atoms with E-state index in [-0.39, 0.29) is 18.9 Å². The summed E-state index contributed by atoms with van der Waals surface area (Å²) < 4.78 is 5.58. The molecule has 0 spiro atoms. The van der Waals surface area contributed by atoms with Crippen LogP contribution in [-0.4, -0.2) is 35.6 Å². The molecule has 0 fully saturated rings. The minimum atomic E-state index is -0.813. The number of amides is 1. The summed E-state index contributed by atoms with van der Waals surface area (Å²) in [6, 6.07) is 18.4. The number of hydrogen-bond acceptors (Lipinski definition) is 4. The second-order valence-corrected chi connectivity index (χ2v) is 7.77. The molecule has 0 unspecified atom stereocenters. The number of aliphatic carboxylic acids is 1. The topological polar surface area (TPSA) is 79.7 Å². The summed E-state index contributed by atoms with van der Waals surface area (Å²) >= 11 is 6.09. The molecule has 0 saturated heterocycles. The first-order chi connectivity index (χ1) is 16.0. The van der Waals surface area contributed by atoms with Crippen molar-refractivity contribution >= 4 is 34.7 Å². The summed E-state index contributed by atoms with van der Waals surface area (Å²) in [7, 11) is 1.69. The van der Waals surface area contributed by atoms with Crippen molar-refractivity contribution in [1.82, 2.24) is 4.98 Å². The van der Waals surface area contributed by atoms with Crippen molar-refractivity contribution in [2.45, 2.75) is 19.3 Å². The Morgan fingerprint density at radius 1 is 1.09 bits per heavy atom. The monoisotopic (exact) mass is 464 g/mol. The Morgan fingerprint density at radius 2 is 1.88 bits per heavy atom. The number of benzene rings is 2. The molecule has 0 bridgehead atoms. The molecule has 0 radical (unpaired) electrons. The molecule has 2 aromatic carbocycles. The van der Waals surface area contributed by atoms with Crippen LogP contribution in [0.3, 0.4) is 0 Å². The lowest BCUT2D eigenvalue weighted by Gasteiger charge is -2.19. The van der Waals surface area contributed by atoms with Gasteiger partial charge in [-0.05, 0) is 54.3 Å². The maximum Gasteiger partial charge on any atom is 0.303 e. The van der Waals surface area contributed by atoms with E-state index in [2.05, 4.69) is 4.98 Å². The van der Waals surface area contributed by atoms with Crippen molar-refractivity contribution in [3.05, 3.63) is 95.3 Å². The molecule has 0 aliphatic heterocycles. The second-order valence-electron chi connectivity index (χ2n) is 7.37. The van der Waals surface area contributed by atoms with Crippen LogP contribution in [0.15, 0.2) is 79.1 Å². The Morgan fingerprint density at radius 3 is 2.61 bits per heavy atom. The number of para-hydroxylation sites is 1. The Hall–Kier alpha value is -3.64. The molecule has 1 N–H and O–H groups in total. The number of halogens is 1. The number of allylic oxidation sites excluding steroid dienone is 1. The third kappa shape index (κ3) is 6.92. The number of ether oxygens (including phenoxy) is 1. The van der Waals surface area contributed by atoms with Crippen LogP contribution < -0.4 is 9.64 Å². The van der Waals surface area contributed by atoms with Gasteiger partial charge in [-0.3, -0.25) is 14.6 Å². The largest absolute Gasteiger partial charge is 0.482 e. The number of carboxylic acid groups (broad SMARTS) is 1. The summed E-state index contributed by atoms with van der Waals surface area (Å²) in [6.07, 6.45) is 6.74. The predicted molar refractivity (Wildman–Crippen MR) is 130 cm³/mol.